The highest BCUT2D eigenvalue weighted by atomic mass is 15.1. The lowest BCUT2D eigenvalue weighted by Gasteiger charge is -2.04. The first-order valence-electron chi connectivity index (χ1n) is 17.0. The lowest BCUT2D eigenvalue weighted by molar-refractivity contribution is 1.02. The molecular formula is C42H41N11. The van der Waals surface area contributed by atoms with Crippen molar-refractivity contribution in [3.8, 4) is 0 Å². The van der Waals surface area contributed by atoms with Gasteiger partial charge >= 0.3 is 0 Å². The number of benzene rings is 6. The van der Waals surface area contributed by atoms with Crippen molar-refractivity contribution >= 4 is 56.9 Å². The van der Waals surface area contributed by atoms with Gasteiger partial charge in [0.1, 0.15) is 0 Å². The highest BCUT2D eigenvalue weighted by Gasteiger charge is 2.06. The van der Waals surface area contributed by atoms with Crippen LogP contribution in [0, 0.1) is 27.7 Å². The van der Waals surface area contributed by atoms with Crippen molar-refractivity contribution in [2.45, 2.75) is 27.7 Å². The Morgan fingerprint density at radius 3 is 0.698 bits per heavy atom. The summed E-state index contributed by atoms with van der Waals surface area (Å²) in [6.45, 7) is 7.94. The number of azo groups is 5. The summed E-state index contributed by atoms with van der Waals surface area (Å²) in [5, 5.41) is 46.7. The van der Waals surface area contributed by atoms with Gasteiger partial charge in [0.05, 0.1) is 56.9 Å². The Balaban J connectivity index is 0.00000175. The molecule has 0 bridgehead atoms. The molecule has 6 rings (SSSR count). The molecule has 11 heteroatoms. The van der Waals surface area contributed by atoms with Gasteiger partial charge in [-0.05, 0) is 161 Å². The zero-order valence-electron chi connectivity index (χ0n) is 30.7. The molecule has 53 heavy (non-hydrogen) atoms. The van der Waals surface area contributed by atoms with Crippen LogP contribution >= 0.6 is 0 Å². The normalized spacial score (nSPS) is 11.7. The molecule has 0 spiro atoms. The predicted molar refractivity (Wildman–Crippen MR) is 213 cm³/mol. The molecule has 6 aromatic carbocycles. The second kappa shape index (κ2) is 19.0. The number of aryl methyl sites for hydroxylation is 4. The third-order valence-electron chi connectivity index (χ3n) is 7.61. The van der Waals surface area contributed by atoms with Gasteiger partial charge in [0.15, 0.2) is 0 Å². The van der Waals surface area contributed by atoms with E-state index in [9.17, 15) is 0 Å². The number of hydrogen-bond acceptors (Lipinski definition) is 11. The van der Waals surface area contributed by atoms with Gasteiger partial charge in [-0.1, -0.05) is 36.4 Å². The van der Waals surface area contributed by atoms with E-state index in [1.54, 1.807) is 0 Å². The summed E-state index contributed by atoms with van der Waals surface area (Å²) in [6, 6.07) is 42.0. The van der Waals surface area contributed by atoms with E-state index in [4.69, 9.17) is 0 Å². The summed E-state index contributed by atoms with van der Waals surface area (Å²) in [5.74, 6) is 0. The molecule has 0 saturated carbocycles. The van der Waals surface area contributed by atoms with Crippen molar-refractivity contribution in [2.24, 2.45) is 51.1 Å². The third-order valence-corrected chi connectivity index (χ3v) is 7.61. The maximum absolute atomic E-state index is 4.47. The first-order valence-corrected chi connectivity index (χ1v) is 17.0. The molecule has 0 heterocycles. The van der Waals surface area contributed by atoms with Gasteiger partial charge in [0, 0.05) is 0 Å². The fourth-order valence-electron chi connectivity index (χ4n) is 4.73. The average molecular weight is 700 g/mol. The summed E-state index contributed by atoms with van der Waals surface area (Å²) in [5.41, 5.74) is 11.4. The Kier molecular flexibility index (Phi) is 13.5. The third kappa shape index (κ3) is 11.4. The Bertz CT molecular complexity index is 2080. The van der Waals surface area contributed by atoms with Gasteiger partial charge in [0.2, 0.25) is 0 Å². The summed E-state index contributed by atoms with van der Waals surface area (Å²) in [6.07, 6.45) is 0. The molecular weight excluding hydrogens is 659 g/mol. The van der Waals surface area contributed by atoms with E-state index < -0.39 is 0 Å². The number of nitrogens with zero attached hydrogens (tertiary/aromatic N) is 10. The zero-order valence-corrected chi connectivity index (χ0v) is 30.7. The van der Waals surface area contributed by atoms with Crippen molar-refractivity contribution in [3.63, 3.8) is 0 Å². The van der Waals surface area contributed by atoms with Crippen molar-refractivity contribution in [1.29, 1.82) is 0 Å². The monoisotopic (exact) mass is 699 g/mol. The summed E-state index contributed by atoms with van der Waals surface area (Å²) >= 11 is 0. The van der Waals surface area contributed by atoms with Crippen LogP contribution in [0.3, 0.4) is 0 Å². The van der Waals surface area contributed by atoms with Crippen LogP contribution in [0.25, 0.3) is 0 Å². The minimum Gasteiger partial charge on any atom is -0.323 e. The summed E-state index contributed by atoms with van der Waals surface area (Å²) < 4.78 is 0. The Labute approximate surface area is 310 Å². The van der Waals surface area contributed by atoms with Gasteiger partial charge in [-0.2, -0.15) is 51.1 Å². The van der Waals surface area contributed by atoms with Crippen LogP contribution in [0.5, 0.6) is 0 Å². The molecule has 0 amide bonds. The molecule has 0 aliphatic rings. The maximum Gasteiger partial charge on any atom is 0.0890 e. The van der Waals surface area contributed by atoms with E-state index in [-0.39, 0.29) is 0 Å². The Morgan fingerprint density at radius 1 is 0.283 bits per heavy atom. The van der Waals surface area contributed by atoms with Gasteiger partial charge in [0.25, 0.3) is 0 Å². The van der Waals surface area contributed by atoms with Crippen LogP contribution in [-0.4, -0.2) is 14.1 Å². The average Bonchev–Trinajstić information content (AvgIpc) is 3.18. The molecule has 264 valence electrons. The van der Waals surface area contributed by atoms with Crippen LogP contribution in [0.4, 0.5) is 56.9 Å². The quantitative estimate of drug-likeness (QED) is 0.140. The number of rotatable bonds is 10. The van der Waals surface area contributed by atoms with Crippen LogP contribution in [0.15, 0.2) is 185 Å². The Hall–Kier alpha value is -6.72. The Morgan fingerprint density at radius 2 is 0.472 bits per heavy atom. The molecule has 11 nitrogen and oxygen atoms in total. The topological polar surface area (TPSA) is 136 Å². The minimum absolute atomic E-state index is 0.700. The minimum atomic E-state index is 0.700. The molecule has 1 N–H and O–H groups in total. The highest BCUT2D eigenvalue weighted by Crippen LogP contribution is 2.33. The van der Waals surface area contributed by atoms with E-state index in [1.807, 2.05) is 175 Å². The highest BCUT2D eigenvalue weighted by molar-refractivity contribution is 5.60. The van der Waals surface area contributed by atoms with E-state index >= 15 is 0 Å². The van der Waals surface area contributed by atoms with Crippen molar-refractivity contribution < 1.29 is 0 Å². The number of hydrogen-bond donors (Lipinski definition) is 1. The largest absolute Gasteiger partial charge is 0.323 e. The molecule has 0 unspecified atom stereocenters. The number of nitrogens with one attached hydrogen (secondary N) is 1. The van der Waals surface area contributed by atoms with Gasteiger partial charge in [-0.3, -0.25) is 0 Å². The first-order chi connectivity index (χ1) is 25.8. The SMILES string of the molecule is CNC.Cc1cc(N=Nc2ccc(N=Nc3ccc(N=Nc4cc(C)c(N=Nc5ccccc5)cc4C)cc3)cc2)c(C)cc1N=Nc1ccccc1. The predicted octanol–water partition coefficient (Wildman–Crippen LogP) is 14.8. The van der Waals surface area contributed by atoms with E-state index in [0.717, 1.165) is 56.4 Å². The van der Waals surface area contributed by atoms with E-state index in [1.165, 1.54) is 0 Å². The molecule has 0 saturated heterocycles. The molecule has 0 aliphatic carbocycles. The second-order valence-corrected chi connectivity index (χ2v) is 12.1. The molecule has 6 aromatic rings. The fourth-order valence-corrected chi connectivity index (χ4v) is 4.73. The lowest BCUT2D eigenvalue weighted by Crippen LogP contribution is -1.89. The first kappa shape index (κ1) is 37.5. The van der Waals surface area contributed by atoms with Crippen LogP contribution in [-0.2, 0) is 0 Å². The summed E-state index contributed by atoms with van der Waals surface area (Å²) in [4.78, 5) is 0. The van der Waals surface area contributed by atoms with Crippen LogP contribution in [0.2, 0.25) is 0 Å². The lowest BCUT2D eigenvalue weighted by atomic mass is 10.1. The van der Waals surface area contributed by atoms with Crippen LogP contribution < -0.4 is 5.32 Å². The second-order valence-electron chi connectivity index (χ2n) is 12.1. The molecule has 0 aromatic heterocycles. The zero-order chi connectivity index (χ0) is 37.4. The molecule has 0 fully saturated rings. The summed E-state index contributed by atoms with van der Waals surface area (Å²) in [7, 11) is 3.75. The maximum atomic E-state index is 4.47. The van der Waals surface area contributed by atoms with Gasteiger partial charge in [-0.25, -0.2) is 0 Å². The molecule has 0 radical (unpaired) electrons. The van der Waals surface area contributed by atoms with Crippen molar-refractivity contribution in [2.75, 3.05) is 14.1 Å². The van der Waals surface area contributed by atoms with Crippen molar-refractivity contribution in [1.82, 2.24) is 5.32 Å². The standard InChI is InChI=1S/C40H34N10.C2H7N/c1-27-25-39(29(3)23-37(27)47-43-31-11-7-5-8-12-31)49-45-35-19-15-33(16-20-35)41-42-34-17-21-36(22-18-34)46-50-40-26-28(2)38(24-30(40)4)48-44-32-13-9-6-10-14-32;1-3-2/h5-26H,1-4H3;3H,1-2H3. The fraction of sp³-hybridized carbons (Fsp3) is 0.143. The van der Waals surface area contributed by atoms with Crippen molar-refractivity contribution in [3.05, 3.63) is 156 Å². The molecule has 0 aliphatic heterocycles. The van der Waals surface area contributed by atoms with E-state index in [2.05, 4.69) is 56.5 Å². The smallest absolute Gasteiger partial charge is 0.0890 e. The van der Waals surface area contributed by atoms with Gasteiger partial charge in [-0.15, -0.1) is 0 Å². The van der Waals surface area contributed by atoms with Crippen LogP contribution in [0.1, 0.15) is 22.3 Å². The van der Waals surface area contributed by atoms with Gasteiger partial charge < -0.3 is 5.32 Å². The van der Waals surface area contributed by atoms with E-state index in [0.29, 0.717) is 22.7 Å². The molecule has 0 atom stereocenters.